The molecule has 2 unspecified atom stereocenters. The van der Waals surface area contributed by atoms with Crippen LogP contribution in [0.1, 0.15) is 50.7 Å². The van der Waals surface area contributed by atoms with Gasteiger partial charge in [-0.2, -0.15) is 0 Å². The molecule has 2 atom stereocenters. The quantitative estimate of drug-likeness (QED) is 0.836. The van der Waals surface area contributed by atoms with E-state index in [-0.39, 0.29) is 11.6 Å². The third-order valence-corrected chi connectivity index (χ3v) is 5.07. The average Bonchev–Trinajstić information content (AvgIpc) is 2.41. The first-order valence-electron chi connectivity index (χ1n) is 7.33. The van der Waals surface area contributed by atoms with Crippen molar-refractivity contribution in [2.75, 3.05) is 6.61 Å². The normalized spacial score (nSPS) is 30.4. The van der Waals surface area contributed by atoms with Crippen molar-refractivity contribution < 1.29 is 4.74 Å². The molecule has 1 N–H and O–H groups in total. The number of benzene rings is 1. The van der Waals surface area contributed by atoms with Gasteiger partial charge in [0, 0.05) is 16.1 Å². The van der Waals surface area contributed by atoms with E-state index in [1.165, 1.54) is 37.7 Å². The van der Waals surface area contributed by atoms with E-state index in [2.05, 4.69) is 52.4 Å². The minimum absolute atomic E-state index is 0.181. The van der Waals surface area contributed by atoms with Crippen molar-refractivity contribution >= 4 is 15.9 Å². The predicted octanol–water partition coefficient (Wildman–Crippen LogP) is 4.20. The van der Waals surface area contributed by atoms with Crippen LogP contribution in [0.25, 0.3) is 0 Å². The molecule has 1 heterocycles. The highest BCUT2D eigenvalue weighted by molar-refractivity contribution is 9.10. The lowest BCUT2D eigenvalue weighted by atomic mass is 9.80. The van der Waals surface area contributed by atoms with Gasteiger partial charge in [0.05, 0.1) is 12.7 Å². The number of rotatable bonds is 1. The summed E-state index contributed by atoms with van der Waals surface area (Å²) in [4.78, 5) is 0. The van der Waals surface area contributed by atoms with Gasteiger partial charge in [0.1, 0.15) is 0 Å². The molecular weight excluding hydrogens is 302 g/mol. The fourth-order valence-electron chi connectivity index (χ4n) is 3.55. The van der Waals surface area contributed by atoms with E-state index in [4.69, 9.17) is 4.74 Å². The van der Waals surface area contributed by atoms with E-state index >= 15 is 0 Å². The summed E-state index contributed by atoms with van der Waals surface area (Å²) >= 11 is 3.49. The highest BCUT2D eigenvalue weighted by Crippen LogP contribution is 2.36. The fourth-order valence-corrected chi connectivity index (χ4v) is 3.81. The second-order valence-corrected chi connectivity index (χ2v) is 6.97. The van der Waals surface area contributed by atoms with Crippen molar-refractivity contribution in [3.63, 3.8) is 0 Å². The summed E-state index contributed by atoms with van der Waals surface area (Å²) in [5, 5.41) is 3.86. The van der Waals surface area contributed by atoms with E-state index in [0.717, 1.165) is 11.1 Å². The van der Waals surface area contributed by atoms with Gasteiger partial charge in [0.2, 0.25) is 0 Å². The summed E-state index contributed by atoms with van der Waals surface area (Å²) in [5.74, 6) is 0. The monoisotopic (exact) mass is 323 g/mol. The van der Waals surface area contributed by atoms with Crippen LogP contribution in [0.15, 0.2) is 28.7 Å². The van der Waals surface area contributed by atoms with Crippen LogP contribution in [0.3, 0.4) is 0 Å². The highest BCUT2D eigenvalue weighted by Gasteiger charge is 2.40. The summed E-state index contributed by atoms with van der Waals surface area (Å²) in [7, 11) is 0. The van der Waals surface area contributed by atoms with Crippen molar-refractivity contribution in [1.82, 2.24) is 5.32 Å². The molecule has 104 valence electrons. The largest absolute Gasteiger partial charge is 0.370 e. The van der Waals surface area contributed by atoms with Gasteiger partial charge in [-0.25, -0.2) is 0 Å². The molecule has 3 heteroatoms. The molecule has 1 aliphatic heterocycles. The number of hydrogen-bond donors (Lipinski definition) is 1. The third-order valence-electron chi connectivity index (χ3n) is 4.54. The van der Waals surface area contributed by atoms with Crippen molar-refractivity contribution in [2.24, 2.45) is 0 Å². The summed E-state index contributed by atoms with van der Waals surface area (Å²) in [6.07, 6.45) is 6.78. The molecule has 2 fully saturated rings. The highest BCUT2D eigenvalue weighted by atomic mass is 79.9. The molecule has 0 amide bonds. The third kappa shape index (κ3) is 2.88. The number of nitrogens with one attached hydrogen (secondary N) is 1. The zero-order chi connectivity index (χ0) is 13.3. The van der Waals surface area contributed by atoms with Gasteiger partial charge in [0.25, 0.3) is 0 Å². The van der Waals surface area contributed by atoms with Crippen LogP contribution in [0.5, 0.6) is 0 Å². The van der Waals surface area contributed by atoms with Crippen molar-refractivity contribution in [1.29, 1.82) is 0 Å². The van der Waals surface area contributed by atoms with Crippen LogP contribution in [0.4, 0.5) is 0 Å². The van der Waals surface area contributed by atoms with Crippen LogP contribution in [0, 0.1) is 0 Å². The first-order chi connectivity index (χ1) is 9.19. The van der Waals surface area contributed by atoms with Crippen LogP contribution in [-0.2, 0) is 4.74 Å². The van der Waals surface area contributed by atoms with Gasteiger partial charge in [0.15, 0.2) is 0 Å². The lowest BCUT2D eigenvalue weighted by Crippen LogP contribution is -2.59. The van der Waals surface area contributed by atoms with Gasteiger partial charge >= 0.3 is 0 Å². The average molecular weight is 324 g/mol. The molecule has 1 aromatic rings. The maximum absolute atomic E-state index is 6.23. The summed E-state index contributed by atoms with van der Waals surface area (Å²) in [5.41, 5.74) is 1.53. The smallest absolute Gasteiger partial charge is 0.0976 e. The first kappa shape index (κ1) is 13.6. The topological polar surface area (TPSA) is 21.3 Å². The lowest BCUT2D eigenvalue weighted by molar-refractivity contribution is -0.0714. The molecule has 0 bridgehead atoms. The molecule has 2 nitrogen and oxygen atoms in total. The van der Waals surface area contributed by atoms with Crippen LogP contribution >= 0.6 is 15.9 Å². The Morgan fingerprint density at radius 2 is 1.84 bits per heavy atom. The second kappa shape index (κ2) is 5.55. The molecular formula is C16H22BrNO. The first-order valence-corrected chi connectivity index (χ1v) is 8.13. The Bertz CT molecular complexity index is 425. The number of morpholine rings is 1. The Hall–Kier alpha value is -0.380. The van der Waals surface area contributed by atoms with Crippen LogP contribution in [-0.4, -0.2) is 18.2 Å². The van der Waals surface area contributed by atoms with Gasteiger partial charge in [-0.1, -0.05) is 47.3 Å². The van der Waals surface area contributed by atoms with E-state index in [1.807, 2.05) is 0 Å². The van der Waals surface area contributed by atoms with Gasteiger partial charge in [-0.05, 0) is 37.5 Å². The number of hydrogen-bond acceptors (Lipinski definition) is 2. The van der Waals surface area contributed by atoms with Crippen molar-refractivity contribution in [2.45, 2.75) is 56.7 Å². The Morgan fingerprint density at radius 1 is 1.16 bits per heavy atom. The molecule has 0 aromatic heterocycles. The molecule has 1 saturated heterocycles. The molecule has 0 radical (unpaired) electrons. The molecule has 1 aromatic carbocycles. The molecule has 1 spiro atoms. The molecule has 19 heavy (non-hydrogen) atoms. The van der Waals surface area contributed by atoms with Gasteiger partial charge in [-0.15, -0.1) is 0 Å². The lowest BCUT2D eigenvalue weighted by Gasteiger charge is -2.47. The Morgan fingerprint density at radius 3 is 2.47 bits per heavy atom. The maximum atomic E-state index is 6.23. The Balaban J connectivity index is 1.72. The molecule has 1 aliphatic carbocycles. The molecule has 1 saturated carbocycles. The number of halogens is 1. The van der Waals surface area contributed by atoms with Crippen LogP contribution < -0.4 is 5.32 Å². The Labute approximate surface area is 124 Å². The fraction of sp³-hybridized carbons (Fsp3) is 0.625. The molecule has 2 aliphatic rings. The van der Waals surface area contributed by atoms with E-state index in [9.17, 15) is 0 Å². The second-order valence-electron chi connectivity index (χ2n) is 6.06. The SMILES string of the molecule is CC1NC2(CCCCC2)COC1c1ccc(Br)cc1. The minimum atomic E-state index is 0.181. The summed E-state index contributed by atoms with van der Waals surface area (Å²) in [6.45, 7) is 3.11. The van der Waals surface area contributed by atoms with Crippen molar-refractivity contribution in [3.05, 3.63) is 34.3 Å². The Kier molecular flexibility index (Phi) is 3.97. The minimum Gasteiger partial charge on any atom is -0.370 e. The molecule has 3 rings (SSSR count). The summed E-state index contributed by atoms with van der Waals surface area (Å²) < 4.78 is 7.35. The van der Waals surface area contributed by atoms with E-state index < -0.39 is 0 Å². The van der Waals surface area contributed by atoms with Gasteiger partial charge in [-0.3, -0.25) is 0 Å². The van der Waals surface area contributed by atoms with Gasteiger partial charge < -0.3 is 10.1 Å². The predicted molar refractivity (Wildman–Crippen MR) is 81.2 cm³/mol. The van der Waals surface area contributed by atoms with Crippen molar-refractivity contribution in [3.8, 4) is 0 Å². The van der Waals surface area contributed by atoms with Crippen LogP contribution in [0.2, 0.25) is 0 Å². The zero-order valence-corrected chi connectivity index (χ0v) is 13.1. The zero-order valence-electron chi connectivity index (χ0n) is 11.5. The maximum Gasteiger partial charge on any atom is 0.0976 e. The van der Waals surface area contributed by atoms with E-state index in [0.29, 0.717) is 6.04 Å². The standard InChI is InChI=1S/C16H22BrNO/c1-12-15(13-5-7-14(17)8-6-13)19-11-16(18-12)9-3-2-4-10-16/h5-8,12,15,18H,2-4,9-11H2,1H3. The summed E-state index contributed by atoms with van der Waals surface area (Å²) in [6, 6.07) is 8.89. The number of ether oxygens (including phenoxy) is 1. The van der Waals surface area contributed by atoms with E-state index in [1.54, 1.807) is 0 Å².